The van der Waals surface area contributed by atoms with Gasteiger partial charge in [0.1, 0.15) is 0 Å². The highest BCUT2D eigenvalue weighted by atomic mass is 35.5. The largest absolute Gasteiger partial charge is 0.376 e. The second-order valence-corrected chi connectivity index (χ2v) is 4.85. The number of ether oxygens (including phenoxy) is 1. The molecule has 1 fully saturated rings. The van der Waals surface area contributed by atoms with Crippen LogP contribution in [0.5, 0.6) is 0 Å². The van der Waals surface area contributed by atoms with Crippen molar-refractivity contribution >= 4 is 11.6 Å². The van der Waals surface area contributed by atoms with Crippen LogP contribution in [0.4, 0.5) is 0 Å². The molecule has 0 saturated carbocycles. The Hall–Kier alpha value is -0.620. The van der Waals surface area contributed by atoms with Gasteiger partial charge in [-0.15, -0.1) is 0 Å². The van der Waals surface area contributed by atoms with Crippen LogP contribution in [0.1, 0.15) is 32.0 Å². The SMILES string of the molecule is CCn1ncc(Cl)c1C(NN)C1OCCC1C. The number of hydrogen-bond donors (Lipinski definition) is 2. The minimum absolute atomic E-state index is 0.0551. The molecule has 96 valence electrons. The molecule has 1 saturated heterocycles. The molecular formula is C11H19ClN4O. The summed E-state index contributed by atoms with van der Waals surface area (Å²) >= 11 is 6.19. The van der Waals surface area contributed by atoms with Crippen LogP contribution in [-0.2, 0) is 11.3 Å². The Morgan fingerprint density at radius 2 is 2.53 bits per heavy atom. The fourth-order valence-corrected chi connectivity index (χ4v) is 2.66. The van der Waals surface area contributed by atoms with Crippen LogP contribution in [0.3, 0.4) is 0 Å². The van der Waals surface area contributed by atoms with Gasteiger partial charge in [-0.2, -0.15) is 5.10 Å². The van der Waals surface area contributed by atoms with Crippen molar-refractivity contribution in [1.82, 2.24) is 15.2 Å². The van der Waals surface area contributed by atoms with Crippen LogP contribution in [-0.4, -0.2) is 22.5 Å². The molecule has 3 unspecified atom stereocenters. The minimum Gasteiger partial charge on any atom is -0.376 e. The van der Waals surface area contributed by atoms with Crippen molar-refractivity contribution in [3.05, 3.63) is 16.9 Å². The van der Waals surface area contributed by atoms with E-state index in [4.69, 9.17) is 22.2 Å². The van der Waals surface area contributed by atoms with Crippen molar-refractivity contribution in [2.45, 2.75) is 39.0 Å². The van der Waals surface area contributed by atoms with Gasteiger partial charge in [0.05, 0.1) is 29.1 Å². The van der Waals surface area contributed by atoms with E-state index in [2.05, 4.69) is 17.4 Å². The van der Waals surface area contributed by atoms with Crippen molar-refractivity contribution in [3.63, 3.8) is 0 Å². The van der Waals surface area contributed by atoms with Crippen LogP contribution < -0.4 is 11.3 Å². The predicted molar refractivity (Wildman–Crippen MR) is 66.5 cm³/mol. The Bertz CT molecular complexity index is 382. The molecule has 3 atom stereocenters. The van der Waals surface area contributed by atoms with Gasteiger partial charge in [0, 0.05) is 13.2 Å². The molecule has 0 aliphatic carbocycles. The molecule has 0 aromatic carbocycles. The monoisotopic (exact) mass is 258 g/mol. The van der Waals surface area contributed by atoms with E-state index in [1.165, 1.54) is 0 Å². The average Bonchev–Trinajstić information content (AvgIpc) is 2.89. The van der Waals surface area contributed by atoms with Gasteiger partial charge in [0.2, 0.25) is 0 Å². The quantitative estimate of drug-likeness (QED) is 0.634. The van der Waals surface area contributed by atoms with E-state index in [1.807, 2.05) is 11.6 Å². The minimum atomic E-state index is -0.109. The van der Waals surface area contributed by atoms with E-state index in [0.29, 0.717) is 10.9 Å². The molecule has 2 rings (SSSR count). The third kappa shape index (κ3) is 2.33. The standard InChI is InChI=1S/C11H19ClN4O/c1-3-16-10(8(12)6-14-16)9(15-13)11-7(2)4-5-17-11/h6-7,9,11,15H,3-5,13H2,1-2H3. The number of aryl methyl sites for hydroxylation is 1. The lowest BCUT2D eigenvalue weighted by molar-refractivity contribution is 0.0580. The van der Waals surface area contributed by atoms with Crippen LogP contribution >= 0.6 is 11.6 Å². The molecule has 17 heavy (non-hydrogen) atoms. The molecule has 1 aromatic heterocycles. The zero-order chi connectivity index (χ0) is 12.4. The first-order valence-electron chi connectivity index (χ1n) is 5.98. The highest BCUT2D eigenvalue weighted by Crippen LogP contribution is 2.33. The molecule has 5 nitrogen and oxygen atoms in total. The predicted octanol–water partition coefficient (Wildman–Crippen LogP) is 1.49. The molecule has 6 heteroatoms. The molecule has 2 heterocycles. The maximum Gasteiger partial charge on any atom is 0.0908 e. The Morgan fingerprint density at radius 3 is 3.06 bits per heavy atom. The first-order valence-corrected chi connectivity index (χ1v) is 6.35. The third-order valence-corrected chi connectivity index (χ3v) is 3.67. The summed E-state index contributed by atoms with van der Waals surface area (Å²) in [5.41, 5.74) is 3.73. The van der Waals surface area contributed by atoms with Crippen LogP contribution in [0.15, 0.2) is 6.20 Å². The maximum absolute atomic E-state index is 6.19. The number of halogens is 1. The van der Waals surface area contributed by atoms with Crippen molar-refractivity contribution < 1.29 is 4.74 Å². The van der Waals surface area contributed by atoms with E-state index in [-0.39, 0.29) is 12.1 Å². The number of nitrogens with two attached hydrogens (primary N) is 1. The number of rotatable bonds is 4. The second kappa shape index (κ2) is 5.35. The fourth-order valence-electron chi connectivity index (χ4n) is 2.41. The average molecular weight is 259 g/mol. The summed E-state index contributed by atoms with van der Waals surface area (Å²) in [7, 11) is 0. The molecular weight excluding hydrogens is 240 g/mol. The van der Waals surface area contributed by atoms with Crippen molar-refractivity contribution in [2.75, 3.05) is 6.61 Å². The molecule has 0 radical (unpaired) electrons. The zero-order valence-electron chi connectivity index (χ0n) is 10.2. The molecule has 0 bridgehead atoms. The lowest BCUT2D eigenvalue weighted by atomic mass is 9.96. The third-order valence-electron chi connectivity index (χ3n) is 3.38. The lowest BCUT2D eigenvalue weighted by Crippen LogP contribution is -2.40. The van der Waals surface area contributed by atoms with Gasteiger partial charge in [-0.1, -0.05) is 18.5 Å². The molecule has 0 amide bonds. The maximum atomic E-state index is 6.19. The molecule has 3 N–H and O–H groups in total. The molecule has 1 aromatic rings. The molecule has 1 aliphatic rings. The summed E-state index contributed by atoms with van der Waals surface area (Å²) in [6, 6.07) is -0.109. The second-order valence-electron chi connectivity index (χ2n) is 4.44. The summed E-state index contributed by atoms with van der Waals surface area (Å²) in [6.45, 7) is 5.74. The van der Waals surface area contributed by atoms with E-state index in [0.717, 1.165) is 25.3 Å². The summed E-state index contributed by atoms with van der Waals surface area (Å²) in [5, 5.41) is 4.87. The smallest absolute Gasteiger partial charge is 0.0908 e. The van der Waals surface area contributed by atoms with Gasteiger partial charge >= 0.3 is 0 Å². The van der Waals surface area contributed by atoms with Crippen molar-refractivity contribution in [3.8, 4) is 0 Å². The number of hydrazine groups is 1. The normalized spacial score (nSPS) is 26.4. The van der Waals surface area contributed by atoms with Crippen molar-refractivity contribution in [2.24, 2.45) is 11.8 Å². The first-order chi connectivity index (χ1) is 8.19. The Labute approximate surface area is 106 Å². The van der Waals surface area contributed by atoms with Gasteiger partial charge in [-0.25, -0.2) is 5.43 Å². The van der Waals surface area contributed by atoms with Crippen molar-refractivity contribution in [1.29, 1.82) is 0 Å². The van der Waals surface area contributed by atoms with Gasteiger partial charge < -0.3 is 4.74 Å². The Morgan fingerprint density at radius 1 is 1.76 bits per heavy atom. The number of nitrogens with zero attached hydrogens (tertiary/aromatic N) is 2. The molecule has 1 aliphatic heterocycles. The van der Waals surface area contributed by atoms with Gasteiger partial charge in [-0.3, -0.25) is 10.5 Å². The van der Waals surface area contributed by atoms with Gasteiger partial charge in [0.15, 0.2) is 0 Å². The van der Waals surface area contributed by atoms with Crippen LogP contribution in [0.2, 0.25) is 5.02 Å². The number of hydrogen-bond acceptors (Lipinski definition) is 4. The summed E-state index contributed by atoms with van der Waals surface area (Å²) in [6.07, 6.45) is 2.77. The summed E-state index contributed by atoms with van der Waals surface area (Å²) < 4.78 is 7.62. The fraction of sp³-hybridized carbons (Fsp3) is 0.727. The van der Waals surface area contributed by atoms with Gasteiger partial charge in [0.25, 0.3) is 0 Å². The number of nitrogens with one attached hydrogen (secondary N) is 1. The highest BCUT2D eigenvalue weighted by Gasteiger charge is 2.35. The van der Waals surface area contributed by atoms with E-state index in [1.54, 1.807) is 6.20 Å². The Kier molecular flexibility index (Phi) is 4.04. The highest BCUT2D eigenvalue weighted by molar-refractivity contribution is 6.31. The molecule has 0 spiro atoms. The number of aromatic nitrogens is 2. The van der Waals surface area contributed by atoms with Crippen LogP contribution in [0.25, 0.3) is 0 Å². The zero-order valence-corrected chi connectivity index (χ0v) is 10.9. The summed E-state index contributed by atoms with van der Waals surface area (Å²) in [4.78, 5) is 0. The van der Waals surface area contributed by atoms with Crippen LogP contribution in [0, 0.1) is 5.92 Å². The Balaban J connectivity index is 2.31. The summed E-state index contributed by atoms with van der Waals surface area (Å²) in [5.74, 6) is 6.13. The topological polar surface area (TPSA) is 65.1 Å². The van der Waals surface area contributed by atoms with E-state index >= 15 is 0 Å². The first kappa shape index (κ1) is 12.8. The van der Waals surface area contributed by atoms with E-state index < -0.39 is 0 Å². The van der Waals surface area contributed by atoms with E-state index in [9.17, 15) is 0 Å². The lowest BCUT2D eigenvalue weighted by Gasteiger charge is -2.26. The van der Waals surface area contributed by atoms with Gasteiger partial charge in [-0.05, 0) is 19.3 Å².